The monoisotopic (exact) mass is 464 g/mol. The standard InChI is InChI=1S/C18H32N4O8S/c1-9(2)14(17(28)20-11(18(29)30)6-7-31-3)22-16(27)12(8-23)21-15(26)10(19)4-5-13(24)25/h9-12,14,23H,4-8,19H2,1-3H3,(H,20,28)(H,21,26)(H,22,27)(H,24,25)(H,29,30). The van der Waals surface area contributed by atoms with Crippen LogP contribution in [-0.2, 0) is 24.0 Å². The fourth-order valence-corrected chi connectivity index (χ4v) is 2.90. The van der Waals surface area contributed by atoms with Gasteiger partial charge in [-0.15, -0.1) is 0 Å². The summed E-state index contributed by atoms with van der Waals surface area (Å²) in [5.74, 6) is -4.66. The van der Waals surface area contributed by atoms with Crippen LogP contribution < -0.4 is 21.7 Å². The molecule has 4 atom stereocenters. The lowest BCUT2D eigenvalue weighted by Crippen LogP contribution is -2.59. The Morgan fingerprint density at radius 3 is 1.94 bits per heavy atom. The van der Waals surface area contributed by atoms with Gasteiger partial charge in [0.05, 0.1) is 12.6 Å². The van der Waals surface area contributed by atoms with E-state index < -0.39 is 66.4 Å². The zero-order valence-corrected chi connectivity index (χ0v) is 18.6. The van der Waals surface area contributed by atoms with E-state index in [0.29, 0.717) is 5.75 Å². The number of carboxylic acid groups (broad SMARTS) is 2. The molecule has 0 fully saturated rings. The van der Waals surface area contributed by atoms with Gasteiger partial charge in [-0.3, -0.25) is 19.2 Å². The molecule has 0 radical (unpaired) electrons. The minimum Gasteiger partial charge on any atom is -0.481 e. The van der Waals surface area contributed by atoms with E-state index >= 15 is 0 Å². The van der Waals surface area contributed by atoms with Crippen LogP contribution in [0.2, 0.25) is 0 Å². The van der Waals surface area contributed by atoms with Gasteiger partial charge < -0.3 is 37.0 Å². The van der Waals surface area contributed by atoms with Crippen LogP contribution in [0.25, 0.3) is 0 Å². The number of nitrogens with two attached hydrogens (primary N) is 1. The maximum atomic E-state index is 12.6. The van der Waals surface area contributed by atoms with Crippen molar-refractivity contribution in [1.29, 1.82) is 0 Å². The molecule has 0 saturated heterocycles. The molecule has 0 rings (SSSR count). The number of thioether (sulfide) groups is 1. The molecular weight excluding hydrogens is 432 g/mol. The molecule has 0 aliphatic heterocycles. The third-order valence-electron chi connectivity index (χ3n) is 4.29. The van der Waals surface area contributed by atoms with Crippen molar-refractivity contribution in [2.75, 3.05) is 18.6 Å². The molecule has 0 bridgehead atoms. The topological polar surface area (TPSA) is 208 Å². The van der Waals surface area contributed by atoms with E-state index in [4.69, 9.17) is 10.8 Å². The Kier molecular flexibility index (Phi) is 13.5. The van der Waals surface area contributed by atoms with Crippen LogP contribution in [0.15, 0.2) is 0 Å². The van der Waals surface area contributed by atoms with E-state index in [1.54, 1.807) is 20.1 Å². The Hall–Kier alpha value is -2.38. The van der Waals surface area contributed by atoms with Crippen molar-refractivity contribution in [3.63, 3.8) is 0 Å². The largest absolute Gasteiger partial charge is 0.481 e. The number of aliphatic hydroxyl groups is 1. The number of aliphatic carboxylic acids is 2. The summed E-state index contributed by atoms with van der Waals surface area (Å²) in [7, 11) is 0. The summed E-state index contributed by atoms with van der Waals surface area (Å²) in [6.07, 6.45) is 1.49. The number of nitrogens with one attached hydrogen (secondary N) is 3. The predicted octanol–water partition coefficient (Wildman–Crippen LogP) is -1.88. The third kappa shape index (κ3) is 11.0. The van der Waals surface area contributed by atoms with Gasteiger partial charge in [-0.25, -0.2) is 4.79 Å². The van der Waals surface area contributed by atoms with Gasteiger partial charge in [0.2, 0.25) is 17.7 Å². The molecule has 13 heteroatoms. The first-order valence-electron chi connectivity index (χ1n) is 9.65. The van der Waals surface area contributed by atoms with Gasteiger partial charge in [0, 0.05) is 6.42 Å². The molecule has 12 nitrogen and oxygen atoms in total. The maximum Gasteiger partial charge on any atom is 0.326 e. The van der Waals surface area contributed by atoms with E-state index in [1.807, 2.05) is 0 Å². The van der Waals surface area contributed by atoms with Crippen molar-refractivity contribution in [1.82, 2.24) is 16.0 Å². The Morgan fingerprint density at radius 2 is 1.48 bits per heavy atom. The van der Waals surface area contributed by atoms with Crippen molar-refractivity contribution < 1.29 is 39.3 Å². The molecule has 0 aliphatic rings. The van der Waals surface area contributed by atoms with Crippen molar-refractivity contribution in [2.45, 2.75) is 57.3 Å². The first-order chi connectivity index (χ1) is 14.4. The first-order valence-corrected chi connectivity index (χ1v) is 11.0. The summed E-state index contributed by atoms with van der Waals surface area (Å²) in [4.78, 5) is 59.0. The molecule has 4 unspecified atom stereocenters. The molecule has 0 saturated carbocycles. The van der Waals surface area contributed by atoms with E-state index in [9.17, 15) is 34.2 Å². The Labute approximate surface area is 184 Å². The molecule has 0 aromatic heterocycles. The Morgan fingerprint density at radius 1 is 0.903 bits per heavy atom. The van der Waals surface area contributed by atoms with Crippen LogP contribution in [0, 0.1) is 5.92 Å². The van der Waals surface area contributed by atoms with E-state index in [1.165, 1.54) is 11.8 Å². The molecule has 8 N–H and O–H groups in total. The van der Waals surface area contributed by atoms with E-state index in [-0.39, 0.29) is 19.3 Å². The second kappa shape index (κ2) is 14.6. The fourth-order valence-electron chi connectivity index (χ4n) is 2.43. The number of carboxylic acids is 2. The van der Waals surface area contributed by atoms with Crippen LogP contribution in [0.5, 0.6) is 0 Å². The minimum absolute atomic E-state index is 0.162. The molecular formula is C18H32N4O8S. The van der Waals surface area contributed by atoms with Crippen LogP contribution in [0.4, 0.5) is 0 Å². The minimum atomic E-state index is -1.43. The molecule has 0 aromatic carbocycles. The number of aliphatic hydroxyl groups excluding tert-OH is 1. The Bertz CT molecular complexity index is 646. The molecule has 3 amide bonds. The maximum absolute atomic E-state index is 12.6. The lowest BCUT2D eigenvalue weighted by Gasteiger charge is -2.26. The van der Waals surface area contributed by atoms with E-state index in [2.05, 4.69) is 16.0 Å². The van der Waals surface area contributed by atoms with Crippen LogP contribution in [0.3, 0.4) is 0 Å². The number of rotatable bonds is 15. The van der Waals surface area contributed by atoms with Crippen molar-refractivity contribution >= 4 is 41.4 Å². The summed E-state index contributed by atoms with van der Waals surface area (Å²) < 4.78 is 0. The molecule has 0 spiro atoms. The van der Waals surface area contributed by atoms with Crippen LogP contribution in [0.1, 0.15) is 33.1 Å². The zero-order valence-electron chi connectivity index (χ0n) is 17.8. The summed E-state index contributed by atoms with van der Waals surface area (Å²) in [6.45, 7) is 2.48. The predicted molar refractivity (Wildman–Crippen MR) is 113 cm³/mol. The van der Waals surface area contributed by atoms with Gasteiger partial charge in [-0.1, -0.05) is 13.8 Å². The highest BCUT2D eigenvalue weighted by Crippen LogP contribution is 2.06. The molecule has 0 heterocycles. The second-order valence-electron chi connectivity index (χ2n) is 7.19. The summed E-state index contributed by atoms with van der Waals surface area (Å²) in [6, 6.07) is -4.87. The first kappa shape index (κ1) is 28.6. The van der Waals surface area contributed by atoms with E-state index in [0.717, 1.165) is 0 Å². The lowest BCUT2D eigenvalue weighted by atomic mass is 10.0. The number of hydrogen-bond donors (Lipinski definition) is 7. The smallest absolute Gasteiger partial charge is 0.326 e. The normalized spacial score (nSPS) is 14.8. The van der Waals surface area contributed by atoms with Gasteiger partial charge >= 0.3 is 11.9 Å². The summed E-state index contributed by atoms with van der Waals surface area (Å²) in [5.41, 5.74) is 5.58. The molecule has 178 valence electrons. The summed E-state index contributed by atoms with van der Waals surface area (Å²) in [5, 5.41) is 34.4. The highest BCUT2D eigenvalue weighted by atomic mass is 32.2. The van der Waals surface area contributed by atoms with Crippen molar-refractivity contribution in [3.05, 3.63) is 0 Å². The molecule has 0 aromatic rings. The van der Waals surface area contributed by atoms with Gasteiger partial charge in [0.1, 0.15) is 18.1 Å². The van der Waals surface area contributed by atoms with Crippen molar-refractivity contribution in [3.8, 4) is 0 Å². The van der Waals surface area contributed by atoms with Gasteiger partial charge in [0.15, 0.2) is 0 Å². The van der Waals surface area contributed by atoms with Gasteiger partial charge in [-0.05, 0) is 30.8 Å². The summed E-state index contributed by atoms with van der Waals surface area (Å²) >= 11 is 1.42. The Balaban J connectivity index is 5.10. The number of amides is 3. The quantitative estimate of drug-likeness (QED) is 0.143. The zero-order chi connectivity index (χ0) is 24.1. The van der Waals surface area contributed by atoms with Gasteiger partial charge in [0.25, 0.3) is 0 Å². The SMILES string of the molecule is CSCCC(NC(=O)C(NC(=O)C(CO)NC(=O)C(N)CCC(=O)O)C(C)C)C(=O)O. The fraction of sp³-hybridized carbons (Fsp3) is 0.722. The van der Waals surface area contributed by atoms with Crippen LogP contribution >= 0.6 is 11.8 Å². The molecule has 31 heavy (non-hydrogen) atoms. The van der Waals surface area contributed by atoms with Gasteiger partial charge in [-0.2, -0.15) is 11.8 Å². The number of hydrogen-bond acceptors (Lipinski definition) is 8. The molecule has 0 aliphatic carbocycles. The lowest BCUT2D eigenvalue weighted by molar-refractivity contribution is -0.142. The third-order valence-corrected chi connectivity index (χ3v) is 4.94. The highest BCUT2D eigenvalue weighted by molar-refractivity contribution is 7.98. The second-order valence-corrected chi connectivity index (χ2v) is 8.18. The van der Waals surface area contributed by atoms with Crippen molar-refractivity contribution in [2.24, 2.45) is 11.7 Å². The average molecular weight is 465 g/mol. The highest BCUT2D eigenvalue weighted by Gasteiger charge is 2.31. The van der Waals surface area contributed by atoms with Crippen LogP contribution in [-0.4, -0.2) is 87.8 Å². The number of carbonyl (C=O) groups is 5. The average Bonchev–Trinajstić information content (AvgIpc) is 2.70. The number of carbonyl (C=O) groups excluding carboxylic acids is 3.